The van der Waals surface area contributed by atoms with Crippen molar-refractivity contribution in [1.82, 2.24) is 5.32 Å². The van der Waals surface area contributed by atoms with Gasteiger partial charge >= 0.3 is 0 Å². The van der Waals surface area contributed by atoms with E-state index < -0.39 is 0 Å². The summed E-state index contributed by atoms with van der Waals surface area (Å²) in [4.78, 5) is 0. The van der Waals surface area contributed by atoms with Crippen LogP contribution in [-0.4, -0.2) is 18.6 Å². The van der Waals surface area contributed by atoms with Crippen LogP contribution in [0.4, 0.5) is 10.1 Å². The molecule has 1 aliphatic rings. The smallest absolute Gasteiger partial charge is 0.164 e. The van der Waals surface area contributed by atoms with Crippen molar-refractivity contribution in [1.29, 1.82) is 0 Å². The van der Waals surface area contributed by atoms with E-state index in [2.05, 4.69) is 17.6 Å². The number of hydrogen-bond acceptors (Lipinski definition) is 2. The largest absolute Gasteiger partial charge is 0.380 e. The Morgan fingerprint density at radius 1 is 1.59 bits per heavy atom. The van der Waals surface area contributed by atoms with Crippen LogP contribution in [0.2, 0.25) is 5.02 Å². The quantitative estimate of drug-likeness (QED) is 0.863. The highest BCUT2D eigenvalue weighted by molar-refractivity contribution is 6.31. The molecule has 2 nitrogen and oxygen atoms in total. The van der Waals surface area contributed by atoms with Crippen molar-refractivity contribution in [2.45, 2.75) is 38.3 Å². The predicted molar refractivity (Wildman–Crippen MR) is 70.1 cm³/mol. The number of halogens is 2. The van der Waals surface area contributed by atoms with Crippen LogP contribution in [0.1, 0.15) is 26.2 Å². The molecule has 0 bridgehead atoms. The highest BCUT2D eigenvalue weighted by atomic mass is 35.5. The fourth-order valence-corrected chi connectivity index (χ4v) is 2.50. The van der Waals surface area contributed by atoms with Crippen molar-refractivity contribution in [2.24, 2.45) is 0 Å². The average molecular weight is 257 g/mol. The summed E-state index contributed by atoms with van der Waals surface area (Å²) in [5.74, 6) is -0.361. The van der Waals surface area contributed by atoms with Gasteiger partial charge in [0.05, 0.1) is 10.7 Å². The zero-order valence-electron chi connectivity index (χ0n) is 9.97. The first-order chi connectivity index (χ1) is 8.16. The summed E-state index contributed by atoms with van der Waals surface area (Å²) in [7, 11) is 0. The van der Waals surface area contributed by atoms with Gasteiger partial charge in [-0.3, -0.25) is 0 Å². The van der Waals surface area contributed by atoms with Gasteiger partial charge < -0.3 is 10.6 Å². The summed E-state index contributed by atoms with van der Waals surface area (Å²) in [5.41, 5.74) is 0.489. The molecule has 94 valence electrons. The van der Waals surface area contributed by atoms with E-state index in [9.17, 15) is 4.39 Å². The number of benzene rings is 1. The molecule has 2 N–H and O–H groups in total. The molecule has 0 amide bonds. The molecule has 2 unspecified atom stereocenters. The molecule has 2 atom stereocenters. The van der Waals surface area contributed by atoms with Crippen molar-refractivity contribution in [2.75, 3.05) is 11.9 Å². The third-order valence-corrected chi connectivity index (χ3v) is 3.45. The molecule has 0 radical (unpaired) electrons. The minimum Gasteiger partial charge on any atom is -0.380 e. The van der Waals surface area contributed by atoms with Gasteiger partial charge in [0.15, 0.2) is 5.82 Å². The monoisotopic (exact) mass is 256 g/mol. The molecular formula is C13H18ClFN2. The summed E-state index contributed by atoms with van der Waals surface area (Å²) in [6.07, 6.45) is 3.46. The van der Waals surface area contributed by atoms with E-state index in [1.54, 1.807) is 18.2 Å². The van der Waals surface area contributed by atoms with E-state index >= 15 is 0 Å². The van der Waals surface area contributed by atoms with E-state index in [0.29, 0.717) is 11.7 Å². The van der Waals surface area contributed by atoms with Crippen LogP contribution >= 0.6 is 11.6 Å². The Hall–Kier alpha value is -0.800. The molecule has 1 heterocycles. The molecule has 17 heavy (non-hydrogen) atoms. The van der Waals surface area contributed by atoms with Crippen molar-refractivity contribution < 1.29 is 4.39 Å². The molecule has 1 fully saturated rings. The SMILES string of the molecule is CC(CC1CCCN1)Nc1cccc(Cl)c1F. The number of anilines is 1. The van der Waals surface area contributed by atoms with Crippen LogP contribution in [0.15, 0.2) is 18.2 Å². The molecule has 0 spiro atoms. The Kier molecular flexibility index (Phi) is 4.24. The highest BCUT2D eigenvalue weighted by Gasteiger charge is 2.17. The maximum absolute atomic E-state index is 13.7. The molecule has 1 aromatic carbocycles. The predicted octanol–water partition coefficient (Wildman–Crippen LogP) is 3.42. The fourth-order valence-electron chi connectivity index (χ4n) is 2.32. The second-order valence-electron chi connectivity index (χ2n) is 4.68. The van der Waals surface area contributed by atoms with Crippen LogP contribution in [0.3, 0.4) is 0 Å². The first-order valence-electron chi connectivity index (χ1n) is 6.10. The Bertz CT molecular complexity index is 378. The van der Waals surface area contributed by atoms with E-state index in [4.69, 9.17) is 11.6 Å². The van der Waals surface area contributed by atoms with E-state index in [1.807, 2.05) is 0 Å². The van der Waals surface area contributed by atoms with Gasteiger partial charge in [0, 0.05) is 12.1 Å². The van der Waals surface area contributed by atoms with Gasteiger partial charge in [0.25, 0.3) is 0 Å². The molecule has 1 saturated heterocycles. The molecule has 0 aromatic heterocycles. The summed E-state index contributed by atoms with van der Waals surface area (Å²) in [5, 5.41) is 6.79. The van der Waals surface area contributed by atoms with E-state index in [1.165, 1.54) is 12.8 Å². The lowest BCUT2D eigenvalue weighted by Crippen LogP contribution is -2.29. The molecule has 0 saturated carbocycles. The van der Waals surface area contributed by atoms with E-state index in [-0.39, 0.29) is 16.9 Å². The van der Waals surface area contributed by atoms with Crippen LogP contribution in [-0.2, 0) is 0 Å². The summed E-state index contributed by atoms with van der Waals surface area (Å²) < 4.78 is 13.7. The fraction of sp³-hybridized carbons (Fsp3) is 0.538. The lowest BCUT2D eigenvalue weighted by molar-refractivity contribution is 0.521. The Labute approximate surface area is 107 Å². The third-order valence-electron chi connectivity index (χ3n) is 3.15. The van der Waals surface area contributed by atoms with Gasteiger partial charge in [-0.1, -0.05) is 17.7 Å². The van der Waals surface area contributed by atoms with Crippen molar-refractivity contribution in [3.05, 3.63) is 29.0 Å². The standard InChI is InChI=1S/C13H18ClFN2/c1-9(8-10-4-3-7-16-10)17-12-6-2-5-11(14)13(12)15/h2,5-6,9-10,16-17H,3-4,7-8H2,1H3. The molecule has 4 heteroatoms. The lowest BCUT2D eigenvalue weighted by Gasteiger charge is -2.19. The van der Waals surface area contributed by atoms with Gasteiger partial charge in [0.1, 0.15) is 0 Å². The molecule has 2 rings (SSSR count). The van der Waals surface area contributed by atoms with Crippen LogP contribution in [0, 0.1) is 5.82 Å². The van der Waals surface area contributed by atoms with Gasteiger partial charge in [-0.05, 0) is 44.9 Å². The van der Waals surface area contributed by atoms with Crippen molar-refractivity contribution in [3.8, 4) is 0 Å². The Morgan fingerprint density at radius 3 is 3.12 bits per heavy atom. The van der Waals surface area contributed by atoms with Crippen molar-refractivity contribution in [3.63, 3.8) is 0 Å². The van der Waals surface area contributed by atoms with Crippen LogP contribution < -0.4 is 10.6 Å². The Balaban J connectivity index is 1.93. The average Bonchev–Trinajstić information content (AvgIpc) is 2.77. The molecule has 1 aliphatic heterocycles. The minimum absolute atomic E-state index is 0.168. The van der Waals surface area contributed by atoms with Crippen LogP contribution in [0.5, 0.6) is 0 Å². The maximum Gasteiger partial charge on any atom is 0.164 e. The van der Waals surface area contributed by atoms with Gasteiger partial charge in [-0.2, -0.15) is 0 Å². The normalized spacial score (nSPS) is 21.5. The van der Waals surface area contributed by atoms with E-state index in [0.717, 1.165) is 13.0 Å². The summed E-state index contributed by atoms with van der Waals surface area (Å²) in [6, 6.07) is 5.83. The zero-order chi connectivity index (χ0) is 12.3. The van der Waals surface area contributed by atoms with Gasteiger partial charge in [0.2, 0.25) is 0 Å². The molecule has 0 aliphatic carbocycles. The topological polar surface area (TPSA) is 24.1 Å². The molecule has 1 aromatic rings. The van der Waals surface area contributed by atoms with Crippen LogP contribution in [0.25, 0.3) is 0 Å². The lowest BCUT2D eigenvalue weighted by atomic mass is 10.1. The second kappa shape index (κ2) is 5.69. The Morgan fingerprint density at radius 2 is 2.41 bits per heavy atom. The molecular weight excluding hydrogens is 239 g/mol. The summed E-state index contributed by atoms with van der Waals surface area (Å²) >= 11 is 5.74. The first-order valence-corrected chi connectivity index (χ1v) is 6.48. The van der Waals surface area contributed by atoms with Gasteiger partial charge in [-0.25, -0.2) is 4.39 Å². The highest BCUT2D eigenvalue weighted by Crippen LogP contribution is 2.23. The first kappa shape index (κ1) is 12.7. The number of nitrogens with one attached hydrogen (secondary N) is 2. The minimum atomic E-state index is -0.361. The zero-order valence-corrected chi connectivity index (χ0v) is 10.7. The summed E-state index contributed by atoms with van der Waals surface area (Å²) in [6.45, 7) is 3.17. The number of hydrogen-bond donors (Lipinski definition) is 2. The third kappa shape index (κ3) is 3.33. The second-order valence-corrected chi connectivity index (χ2v) is 5.08. The van der Waals surface area contributed by atoms with Crippen molar-refractivity contribution >= 4 is 17.3 Å². The van der Waals surface area contributed by atoms with Gasteiger partial charge in [-0.15, -0.1) is 0 Å². The number of rotatable bonds is 4. The maximum atomic E-state index is 13.7.